The van der Waals surface area contributed by atoms with Crippen LogP contribution < -0.4 is 10.7 Å². The van der Waals surface area contributed by atoms with Crippen molar-refractivity contribution in [3.8, 4) is 5.82 Å². The van der Waals surface area contributed by atoms with Crippen molar-refractivity contribution >= 4 is 28.7 Å². The van der Waals surface area contributed by atoms with Crippen molar-refractivity contribution in [2.75, 3.05) is 44.0 Å². The van der Waals surface area contributed by atoms with E-state index in [1.807, 2.05) is 44.2 Å². The number of fused-ring (bicyclic) bond motifs is 1. The smallest absolute Gasteiger partial charge is 0.340 e. The number of aryl methyl sites for hydroxylation is 2. The van der Waals surface area contributed by atoms with Gasteiger partial charge in [0, 0.05) is 50.4 Å². The first-order valence-corrected chi connectivity index (χ1v) is 13.4. The predicted molar refractivity (Wildman–Crippen MR) is 152 cm³/mol. The van der Waals surface area contributed by atoms with Gasteiger partial charge in [0.25, 0.3) is 0 Å². The van der Waals surface area contributed by atoms with Crippen LogP contribution in [-0.2, 0) is 12.6 Å². The number of aromatic nitrogens is 4. The molecule has 0 saturated carbocycles. The first kappa shape index (κ1) is 26.9. The average Bonchev–Trinajstić information content (AvgIpc) is 3.53. The van der Waals surface area contributed by atoms with Crippen LogP contribution in [0.15, 0.2) is 59.9 Å². The third-order valence-corrected chi connectivity index (χ3v) is 7.33. The fourth-order valence-corrected chi connectivity index (χ4v) is 4.99. The largest absolute Gasteiger partial charge is 0.416 e. The molecule has 0 spiro atoms. The van der Waals surface area contributed by atoms with Crippen LogP contribution in [0.1, 0.15) is 27.9 Å². The molecule has 2 aliphatic heterocycles. The van der Waals surface area contributed by atoms with E-state index >= 15 is 0 Å². The highest BCUT2D eigenvalue weighted by Crippen LogP contribution is 2.36. The van der Waals surface area contributed by atoms with Gasteiger partial charge in [0.15, 0.2) is 5.82 Å². The lowest BCUT2D eigenvalue weighted by Crippen LogP contribution is -2.47. The number of benzene rings is 2. The molecule has 2 aromatic heterocycles. The summed E-state index contributed by atoms with van der Waals surface area (Å²) >= 11 is 0. The van der Waals surface area contributed by atoms with Crippen molar-refractivity contribution < 1.29 is 13.2 Å². The van der Waals surface area contributed by atoms with Crippen LogP contribution in [-0.4, -0.2) is 68.6 Å². The molecule has 12 heteroatoms. The summed E-state index contributed by atoms with van der Waals surface area (Å²) in [4.78, 5) is 15.8. The number of hydrogen-bond donors (Lipinski definition) is 2. The summed E-state index contributed by atoms with van der Waals surface area (Å²) in [5.41, 5.74) is 8.06. The van der Waals surface area contributed by atoms with E-state index in [1.54, 1.807) is 4.68 Å². The number of piperazine rings is 1. The molecule has 1 saturated heterocycles. The van der Waals surface area contributed by atoms with E-state index in [0.717, 1.165) is 66.3 Å². The first-order chi connectivity index (χ1) is 19.6. The van der Waals surface area contributed by atoms with Crippen LogP contribution in [0, 0.1) is 13.8 Å². The molecule has 1 fully saturated rings. The monoisotopic (exact) mass is 561 g/mol. The van der Waals surface area contributed by atoms with E-state index in [9.17, 15) is 13.2 Å². The van der Waals surface area contributed by atoms with E-state index in [4.69, 9.17) is 0 Å². The minimum Gasteiger partial charge on any atom is -0.340 e. The molecular weight excluding hydrogens is 531 g/mol. The Kier molecular flexibility index (Phi) is 6.96. The number of anilines is 3. The minimum absolute atomic E-state index is 0.336. The highest BCUT2D eigenvalue weighted by atomic mass is 19.4. The van der Waals surface area contributed by atoms with Gasteiger partial charge in [0.05, 0.1) is 22.7 Å². The Hall–Kier alpha value is -4.29. The Labute approximate surface area is 235 Å². The maximum absolute atomic E-state index is 13.2. The van der Waals surface area contributed by atoms with Crippen LogP contribution in [0.25, 0.3) is 5.82 Å². The molecule has 2 aliphatic rings. The Morgan fingerprint density at radius 3 is 2.49 bits per heavy atom. The Bertz CT molecular complexity index is 1620. The van der Waals surface area contributed by atoms with Gasteiger partial charge in [-0.1, -0.05) is 12.1 Å². The second-order valence-electron chi connectivity index (χ2n) is 10.5. The molecule has 9 nitrogen and oxygen atoms in total. The molecule has 0 atom stereocenters. The number of aliphatic imine (C=N–C) groups is 1. The zero-order valence-corrected chi connectivity index (χ0v) is 23.0. The van der Waals surface area contributed by atoms with Gasteiger partial charge in [-0.3, -0.25) is 4.99 Å². The predicted octanol–water partition coefficient (Wildman–Crippen LogP) is 5.29. The zero-order valence-electron chi connectivity index (χ0n) is 23.0. The lowest BCUT2D eigenvalue weighted by molar-refractivity contribution is -0.137. The summed E-state index contributed by atoms with van der Waals surface area (Å²) < 4.78 is 41.4. The van der Waals surface area contributed by atoms with Crippen LogP contribution in [0.2, 0.25) is 0 Å². The van der Waals surface area contributed by atoms with Crippen molar-refractivity contribution in [3.63, 3.8) is 0 Å². The molecule has 41 heavy (non-hydrogen) atoms. The van der Waals surface area contributed by atoms with Crippen LogP contribution in [0.3, 0.4) is 0 Å². The number of alkyl halides is 3. The van der Waals surface area contributed by atoms with Crippen molar-refractivity contribution in [2.24, 2.45) is 4.99 Å². The summed E-state index contributed by atoms with van der Waals surface area (Å²) in [6.07, 6.45) is -2.53. The van der Waals surface area contributed by atoms with E-state index in [1.165, 1.54) is 18.5 Å². The van der Waals surface area contributed by atoms with Gasteiger partial charge in [-0.05, 0) is 61.9 Å². The molecule has 0 radical (unpaired) electrons. The number of hydrazine groups is 1. The molecule has 0 bridgehead atoms. The summed E-state index contributed by atoms with van der Waals surface area (Å²) in [5, 5.41) is 10.3. The molecule has 0 amide bonds. The second-order valence-corrected chi connectivity index (χ2v) is 10.5. The third kappa shape index (κ3) is 5.79. The quantitative estimate of drug-likeness (QED) is 0.331. The SMILES string of the molecule is Cc1cc(Nc2cc(C3=Nc4ccc(C(F)(F)F)cc4C3)ccc2C)n(-c2cc(NN3CCN(C)CC3)ncn2)n1. The Balaban J connectivity index is 1.23. The van der Waals surface area contributed by atoms with Gasteiger partial charge in [-0.2, -0.15) is 23.0 Å². The van der Waals surface area contributed by atoms with Gasteiger partial charge in [-0.15, -0.1) is 0 Å². The van der Waals surface area contributed by atoms with Crippen molar-refractivity contribution in [3.05, 3.63) is 82.8 Å². The second kappa shape index (κ2) is 10.6. The fraction of sp³-hybridized carbons (Fsp3) is 0.310. The lowest BCUT2D eigenvalue weighted by Gasteiger charge is -2.32. The highest BCUT2D eigenvalue weighted by molar-refractivity contribution is 6.07. The summed E-state index contributed by atoms with van der Waals surface area (Å²) in [6, 6.07) is 13.4. The van der Waals surface area contributed by atoms with E-state index < -0.39 is 11.7 Å². The molecule has 6 rings (SSSR count). The summed E-state index contributed by atoms with van der Waals surface area (Å²) in [6.45, 7) is 7.63. The third-order valence-electron chi connectivity index (χ3n) is 7.33. The van der Waals surface area contributed by atoms with Crippen molar-refractivity contribution in [1.29, 1.82) is 0 Å². The molecule has 212 valence electrons. The summed E-state index contributed by atoms with van der Waals surface area (Å²) in [5.74, 6) is 2.01. The van der Waals surface area contributed by atoms with Crippen LogP contribution in [0.4, 0.5) is 36.2 Å². The van der Waals surface area contributed by atoms with Gasteiger partial charge >= 0.3 is 6.18 Å². The van der Waals surface area contributed by atoms with Crippen molar-refractivity contribution in [2.45, 2.75) is 26.4 Å². The van der Waals surface area contributed by atoms with Gasteiger partial charge in [0.1, 0.15) is 18.0 Å². The highest BCUT2D eigenvalue weighted by Gasteiger charge is 2.32. The maximum Gasteiger partial charge on any atom is 0.416 e. The number of rotatable bonds is 6. The Morgan fingerprint density at radius 2 is 1.71 bits per heavy atom. The standard InChI is InChI=1S/C29H30F3N9/c1-18-4-5-20(25-15-21-13-22(29(30,31)32)6-7-23(21)35-25)14-24(18)36-28-12-19(2)37-41(28)27-16-26(33-17-34-27)38-40-10-8-39(3)9-11-40/h4-7,12-14,16-17,36H,8-11,15H2,1-3H3,(H,33,34,38). The van der Waals surface area contributed by atoms with Crippen LogP contribution >= 0.6 is 0 Å². The topological polar surface area (TPSA) is 86.5 Å². The number of nitrogens with one attached hydrogen (secondary N) is 2. The maximum atomic E-state index is 13.2. The lowest BCUT2D eigenvalue weighted by atomic mass is 10.0. The number of halogens is 3. The van der Waals surface area contributed by atoms with Crippen LogP contribution in [0.5, 0.6) is 0 Å². The molecular formula is C29H30F3N9. The van der Waals surface area contributed by atoms with E-state index in [-0.39, 0.29) is 0 Å². The fourth-order valence-electron chi connectivity index (χ4n) is 4.99. The molecule has 4 aromatic rings. The Morgan fingerprint density at radius 1 is 0.902 bits per heavy atom. The van der Waals surface area contributed by atoms with Gasteiger partial charge < -0.3 is 15.6 Å². The minimum atomic E-state index is -4.38. The molecule has 0 aliphatic carbocycles. The number of likely N-dealkylation sites (N-methyl/N-ethyl adjacent to an activating group) is 1. The van der Waals surface area contributed by atoms with Gasteiger partial charge in [-0.25, -0.2) is 15.0 Å². The average molecular weight is 562 g/mol. The summed E-state index contributed by atoms with van der Waals surface area (Å²) in [7, 11) is 2.11. The van der Waals surface area contributed by atoms with E-state index in [0.29, 0.717) is 29.3 Å². The number of hydrogen-bond acceptors (Lipinski definition) is 8. The van der Waals surface area contributed by atoms with E-state index in [2.05, 4.69) is 47.8 Å². The van der Waals surface area contributed by atoms with Gasteiger partial charge in [0.2, 0.25) is 0 Å². The number of nitrogens with zero attached hydrogens (tertiary/aromatic N) is 7. The normalized spacial score (nSPS) is 16.0. The molecule has 0 unspecified atom stereocenters. The molecule has 4 heterocycles. The molecule has 2 N–H and O–H groups in total. The first-order valence-electron chi connectivity index (χ1n) is 13.4. The zero-order chi connectivity index (χ0) is 28.7. The molecule has 2 aromatic carbocycles. The van der Waals surface area contributed by atoms with Crippen molar-refractivity contribution in [1.82, 2.24) is 29.7 Å².